The van der Waals surface area contributed by atoms with Crippen LogP contribution in [-0.4, -0.2) is 17.8 Å². The first-order chi connectivity index (χ1) is 43.6. The Morgan fingerprint density at radius 3 is 1.41 bits per heavy atom. The fourth-order valence-corrected chi connectivity index (χ4v) is 18.4. The standard InChI is InChI=1S/C86H93BN4O/c1-79(2,3)55-34-40-68(63(47-55)54-27-18-17-19-28-54)88-73-51-59(90-69-41-35-56(80(4,5)6)48-64(69)83(13)43-22-24-45-85(83,90)15)37-39-67(73)87-66-38-33-58(82(10,11)12)50-72(66)89(71-31-26-30-62-61-29-20-21-32-76(61)92-78(62)71)75-53-60(52-74(88)77(75)87)91-70-42-36-57(81(7,8)9)49-65(70)84(14)44-23-25-46-86(84,91)16/h17-21,26-42,47-53H,22-25,43-46H2,1-16H3. The molecule has 0 radical (unpaired) electrons. The van der Waals surface area contributed by atoms with E-state index in [0.29, 0.717) is 0 Å². The molecule has 0 saturated heterocycles. The molecule has 92 heavy (non-hydrogen) atoms. The van der Waals surface area contributed by atoms with E-state index < -0.39 is 0 Å². The third-order valence-corrected chi connectivity index (χ3v) is 24.2. The van der Waals surface area contributed by atoms with Crippen molar-refractivity contribution in [2.24, 2.45) is 0 Å². The number of rotatable bonds is 5. The quantitative estimate of drug-likeness (QED) is 0.160. The molecule has 6 aliphatic rings. The van der Waals surface area contributed by atoms with Gasteiger partial charge in [0.25, 0.3) is 6.71 Å². The number of benzene rings is 9. The molecule has 0 N–H and O–H groups in total. The van der Waals surface area contributed by atoms with E-state index in [2.05, 4.69) is 306 Å². The predicted octanol–water partition coefficient (Wildman–Crippen LogP) is 22.0. The van der Waals surface area contributed by atoms with E-state index in [9.17, 15) is 0 Å². The molecule has 0 amide bonds. The first-order valence-electron chi connectivity index (χ1n) is 34.7. The van der Waals surface area contributed by atoms with Crippen LogP contribution in [0.15, 0.2) is 180 Å². The summed E-state index contributed by atoms with van der Waals surface area (Å²) in [5, 5.41) is 2.26. The lowest BCUT2D eigenvalue weighted by molar-refractivity contribution is 0.195. The van der Waals surface area contributed by atoms with Gasteiger partial charge in [-0.15, -0.1) is 0 Å². The van der Waals surface area contributed by atoms with Gasteiger partial charge in [0.15, 0.2) is 5.58 Å². The zero-order chi connectivity index (χ0) is 64.2. The summed E-state index contributed by atoms with van der Waals surface area (Å²) in [5.41, 5.74) is 28.1. The van der Waals surface area contributed by atoms with Gasteiger partial charge in [0.2, 0.25) is 0 Å². The number of hydrogen-bond acceptors (Lipinski definition) is 5. The van der Waals surface area contributed by atoms with Gasteiger partial charge in [-0.3, -0.25) is 0 Å². The van der Waals surface area contributed by atoms with Crippen LogP contribution in [-0.2, 0) is 32.5 Å². The number of nitrogens with zero attached hydrogens (tertiary/aromatic N) is 4. The number of hydrogen-bond donors (Lipinski definition) is 0. The van der Waals surface area contributed by atoms with E-state index in [1.165, 1.54) is 144 Å². The Morgan fingerprint density at radius 1 is 0.370 bits per heavy atom. The summed E-state index contributed by atoms with van der Waals surface area (Å²) in [4.78, 5) is 11.1. The van der Waals surface area contributed by atoms with E-state index in [4.69, 9.17) is 4.42 Å². The van der Waals surface area contributed by atoms with Gasteiger partial charge in [-0.2, -0.15) is 0 Å². The smallest absolute Gasteiger partial charge is 0.252 e. The molecule has 4 unspecified atom stereocenters. The van der Waals surface area contributed by atoms with Crippen molar-refractivity contribution in [3.63, 3.8) is 0 Å². The molecule has 2 fully saturated rings. The Bertz CT molecular complexity index is 4700. The average Bonchev–Trinajstić information content (AvgIpc) is 1.31. The summed E-state index contributed by atoms with van der Waals surface area (Å²) < 4.78 is 7.22. The minimum absolute atomic E-state index is 0.00234. The van der Waals surface area contributed by atoms with Gasteiger partial charge in [0.05, 0.1) is 22.5 Å². The fourth-order valence-electron chi connectivity index (χ4n) is 18.4. The van der Waals surface area contributed by atoms with Crippen molar-refractivity contribution in [2.45, 2.75) is 206 Å². The van der Waals surface area contributed by atoms with Crippen molar-refractivity contribution in [2.75, 3.05) is 19.6 Å². The minimum atomic E-state index is -0.230. The minimum Gasteiger partial charge on any atom is -0.454 e. The second-order valence-corrected chi connectivity index (χ2v) is 33.6. The largest absolute Gasteiger partial charge is 0.454 e. The lowest BCUT2D eigenvalue weighted by atomic mass is 9.33. The highest BCUT2D eigenvalue weighted by Crippen LogP contribution is 2.65. The van der Waals surface area contributed by atoms with Crippen LogP contribution in [0.1, 0.15) is 196 Å². The molecule has 16 rings (SSSR count). The molecule has 5 heterocycles. The van der Waals surface area contributed by atoms with E-state index in [1.807, 2.05) is 0 Å². The molecule has 0 bridgehead atoms. The highest BCUT2D eigenvalue weighted by atomic mass is 16.3. The van der Waals surface area contributed by atoms with Crippen LogP contribution < -0.4 is 36.0 Å². The van der Waals surface area contributed by atoms with Crippen LogP contribution in [0.3, 0.4) is 0 Å². The van der Waals surface area contributed by atoms with E-state index >= 15 is 0 Å². The topological polar surface area (TPSA) is 26.1 Å². The van der Waals surface area contributed by atoms with Gasteiger partial charge >= 0.3 is 0 Å². The van der Waals surface area contributed by atoms with Crippen LogP contribution in [0.2, 0.25) is 0 Å². The Balaban J connectivity index is 1.06. The number of anilines is 10. The van der Waals surface area contributed by atoms with Crippen molar-refractivity contribution in [1.29, 1.82) is 0 Å². The average molecular weight is 1210 g/mol. The fraction of sp³-hybridized carbons (Fsp3) is 0.372. The first-order valence-corrected chi connectivity index (χ1v) is 34.7. The lowest BCUT2D eigenvalue weighted by Gasteiger charge is -2.51. The van der Waals surface area contributed by atoms with Crippen LogP contribution in [0, 0.1) is 0 Å². The maximum Gasteiger partial charge on any atom is 0.252 e. The summed E-state index contributed by atoms with van der Waals surface area (Å²) >= 11 is 0. The third kappa shape index (κ3) is 8.35. The van der Waals surface area contributed by atoms with E-state index in [1.54, 1.807) is 0 Å². The van der Waals surface area contributed by atoms with Crippen molar-refractivity contribution in [3.05, 3.63) is 209 Å². The zero-order valence-corrected chi connectivity index (χ0v) is 57.7. The molecule has 5 nitrogen and oxygen atoms in total. The monoisotopic (exact) mass is 1210 g/mol. The summed E-state index contributed by atoms with van der Waals surface area (Å²) in [6.07, 6.45) is 9.37. The second-order valence-electron chi connectivity index (χ2n) is 33.6. The summed E-state index contributed by atoms with van der Waals surface area (Å²) in [5.74, 6) is 0. The summed E-state index contributed by atoms with van der Waals surface area (Å²) in [6.45, 7) is 38.8. The molecule has 9 aromatic carbocycles. The molecular weight excluding hydrogens is 1120 g/mol. The summed E-state index contributed by atoms with van der Waals surface area (Å²) in [6, 6.07) is 69.7. The number of furan rings is 1. The SMILES string of the molecule is CC(C)(C)c1ccc(N2c3cc(N4c5ccc(C(C)(C)C)cc5C5(C)CCCCC45C)ccc3B3c4ccc(C(C)(C)C)cc4N(c4cccc5c4oc4ccccc45)c4cc(N5c6ccc(C(C)(C)C)cc6C6(C)CCCCC56C)cc2c43)c(-c2ccccc2)c1. The molecule has 466 valence electrons. The number of para-hydroxylation sites is 2. The van der Waals surface area contributed by atoms with Crippen molar-refractivity contribution in [3.8, 4) is 11.1 Å². The Kier molecular flexibility index (Phi) is 12.7. The normalized spacial score (nSPS) is 22.5. The zero-order valence-electron chi connectivity index (χ0n) is 57.7. The van der Waals surface area contributed by atoms with Gasteiger partial charge in [-0.25, -0.2) is 0 Å². The lowest BCUT2D eigenvalue weighted by Crippen LogP contribution is -2.62. The maximum atomic E-state index is 7.22. The molecule has 10 aromatic rings. The van der Waals surface area contributed by atoms with Crippen molar-refractivity contribution < 1.29 is 4.42 Å². The highest BCUT2D eigenvalue weighted by Gasteiger charge is 2.60. The van der Waals surface area contributed by atoms with E-state index in [-0.39, 0.29) is 50.3 Å². The van der Waals surface area contributed by atoms with Gasteiger partial charge in [0.1, 0.15) is 5.58 Å². The third-order valence-electron chi connectivity index (χ3n) is 24.2. The van der Waals surface area contributed by atoms with Crippen LogP contribution >= 0.6 is 0 Å². The molecule has 4 atom stereocenters. The van der Waals surface area contributed by atoms with Gasteiger partial charge in [-0.05, 0) is 183 Å². The predicted molar refractivity (Wildman–Crippen MR) is 394 cm³/mol. The summed E-state index contributed by atoms with van der Waals surface area (Å²) in [7, 11) is 0. The Hall–Kier alpha value is -7.96. The molecule has 2 saturated carbocycles. The number of fused-ring (bicyclic) bond motifs is 13. The van der Waals surface area contributed by atoms with Crippen LogP contribution in [0.4, 0.5) is 56.9 Å². The molecule has 1 aromatic heterocycles. The first kappa shape index (κ1) is 59.1. The molecule has 6 heteroatoms. The highest BCUT2D eigenvalue weighted by molar-refractivity contribution is 7.00. The van der Waals surface area contributed by atoms with Gasteiger partial charge in [-0.1, -0.05) is 232 Å². The van der Waals surface area contributed by atoms with Gasteiger partial charge < -0.3 is 24.0 Å². The second kappa shape index (κ2) is 19.8. The molecular formula is C86H93BN4O. The molecule has 4 aliphatic heterocycles. The van der Waals surface area contributed by atoms with Crippen molar-refractivity contribution >= 4 is 102 Å². The van der Waals surface area contributed by atoms with Crippen molar-refractivity contribution in [1.82, 2.24) is 0 Å². The Labute approximate surface area is 548 Å². The van der Waals surface area contributed by atoms with Crippen LogP contribution in [0.25, 0.3) is 33.1 Å². The van der Waals surface area contributed by atoms with Crippen LogP contribution in [0.5, 0.6) is 0 Å². The Morgan fingerprint density at radius 2 is 0.826 bits per heavy atom. The molecule has 2 aliphatic carbocycles. The van der Waals surface area contributed by atoms with E-state index in [0.717, 1.165) is 46.9 Å². The van der Waals surface area contributed by atoms with Gasteiger partial charge in [0, 0.05) is 72.7 Å². The molecule has 0 spiro atoms. The maximum absolute atomic E-state index is 7.22.